The van der Waals surface area contributed by atoms with Crippen LogP contribution in [0.15, 0.2) is 67.4 Å². The summed E-state index contributed by atoms with van der Waals surface area (Å²) in [5.74, 6) is 0. The number of rotatable bonds is 6. The summed E-state index contributed by atoms with van der Waals surface area (Å²) in [6, 6.07) is 14.7. The van der Waals surface area contributed by atoms with Crippen LogP contribution in [0.25, 0.3) is 10.9 Å². The first-order valence-corrected chi connectivity index (χ1v) is 9.92. The molecule has 3 nitrogen and oxygen atoms in total. The SMILES string of the molecule is CCCC(c1cn(Cc2ccc(Cl)c(Cl)c2)c2ccccc12)n1ccnc1. The second-order valence-corrected chi connectivity index (χ2v) is 7.61. The van der Waals surface area contributed by atoms with E-state index in [1.165, 1.54) is 16.5 Å². The Hall–Kier alpha value is -2.23. The lowest BCUT2D eigenvalue weighted by Gasteiger charge is -2.17. The van der Waals surface area contributed by atoms with Crippen LogP contribution >= 0.6 is 23.2 Å². The van der Waals surface area contributed by atoms with E-state index in [1.807, 2.05) is 36.9 Å². The molecule has 0 bridgehead atoms. The summed E-state index contributed by atoms with van der Waals surface area (Å²) in [6.07, 6.45) is 10.2. The second-order valence-electron chi connectivity index (χ2n) is 6.79. The van der Waals surface area contributed by atoms with Crippen LogP contribution in [-0.2, 0) is 6.54 Å². The molecular formula is C22H21Cl2N3. The Balaban J connectivity index is 1.79. The first-order valence-electron chi connectivity index (χ1n) is 9.16. The predicted octanol–water partition coefficient (Wildman–Crippen LogP) is 6.58. The van der Waals surface area contributed by atoms with Gasteiger partial charge in [0.25, 0.3) is 0 Å². The van der Waals surface area contributed by atoms with E-state index in [9.17, 15) is 0 Å². The van der Waals surface area contributed by atoms with Gasteiger partial charge in [0.2, 0.25) is 0 Å². The van der Waals surface area contributed by atoms with Crippen molar-refractivity contribution < 1.29 is 0 Å². The van der Waals surface area contributed by atoms with E-state index >= 15 is 0 Å². The molecule has 27 heavy (non-hydrogen) atoms. The number of para-hydroxylation sites is 1. The van der Waals surface area contributed by atoms with E-state index < -0.39 is 0 Å². The third-order valence-electron chi connectivity index (χ3n) is 4.96. The zero-order chi connectivity index (χ0) is 18.8. The minimum absolute atomic E-state index is 0.275. The fourth-order valence-corrected chi connectivity index (χ4v) is 4.02. The summed E-state index contributed by atoms with van der Waals surface area (Å²) in [4.78, 5) is 4.25. The molecule has 1 unspecified atom stereocenters. The monoisotopic (exact) mass is 397 g/mol. The van der Waals surface area contributed by atoms with E-state index in [0.29, 0.717) is 10.0 Å². The smallest absolute Gasteiger partial charge is 0.0951 e. The highest BCUT2D eigenvalue weighted by Crippen LogP contribution is 2.32. The molecule has 2 aromatic heterocycles. The predicted molar refractivity (Wildman–Crippen MR) is 113 cm³/mol. The van der Waals surface area contributed by atoms with Crippen LogP contribution in [0.5, 0.6) is 0 Å². The van der Waals surface area contributed by atoms with Crippen molar-refractivity contribution in [1.29, 1.82) is 0 Å². The zero-order valence-corrected chi connectivity index (χ0v) is 16.7. The van der Waals surface area contributed by atoms with Gasteiger partial charge in [-0.15, -0.1) is 0 Å². The first kappa shape index (κ1) is 18.1. The molecule has 4 rings (SSSR count). The van der Waals surface area contributed by atoms with Crippen molar-refractivity contribution in [2.24, 2.45) is 0 Å². The maximum atomic E-state index is 6.21. The number of imidazole rings is 1. The molecule has 0 fully saturated rings. The molecule has 0 aliphatic rings. The number of hydrogen-bond donors (Lipinski definition) is 0. The normalized spacial score (nSPS) is 12.6. The summed E-state index contributed by atoms with van der Waals surface area (Å²) in [5.41, 5.74) is 3.68. The van der Waals surface area contributed by atoms with Crippen LogP contribution in [0.1, 0.15) is 36.9 Å². The second kappa shape index (κ2) is 7.79. The molecule has 0 amide bonds. The maximum Gasteiger partial charge on any atom is 0.0951 e. The Labute approximate surface area is 169 Å². The van der Waals surface area contributed by atoms with Gasteiger partial charge in [0, 0.05) is 41.6 Å². The number of aromatic nitrogens is 3. The van der Waals surface area contributed by atoms with Crippen molar-refractivity contribution in [2.45, 2.75) is 32.4 Å². The van der Waals surface area contributed by atoms with E-state index in [4.69, 9.17) is 23.2 Å². The van der Waals surface area contributed by atoms with Crippen LogP contribution in [0.4, 0.5) is 0 Å². The highest BCUT2D eigenvalue weighted by molar-refractivity contribution is 6.42. The molecule has 5 heteroatoms. The molecule has 0 aliphatic carbocycles. The summed E-state index contributed by atoms with van der Waals surface area (Å²) >= 11 is 12.3. The molecule has 138 valence electrons. The van der Waals surface area contributed by atoms with Gasteiger partial charge in [-0.05, 0) is 30.2 Å². The molecule has 0 spiro atoms. The number of hydrogen-bond acceptors (Lipinski definition) is 1. The lowest BCUT2D eigenvalue weighted by atomic mass is 10.0. The van der Waals surface area contributed by atoms with Crippen molar-refractivity contribution in [3.8, 4) is 0 Å². The molecule has 2 aromatic carbocycles. The molecule has 0 radical (unpaired) electrons. The average Bonchev–Trinajstić information content (AvgIpc) is 3.32. The molecule has 0 saturated heterocycles. The Kier molecular flexibility index (Phi) is 5.24. The molecule has 0 aliphatic heterocycles. The van der Waals surface area contributed by atoms with Crippen molar-refractivity contribution in [2.75, 3.05) is 0 Å². The van der Waals surface area contributed by atoms with E-state index in [0.717, 1.165) is 24.9 Å². The quantitative estimate of drug-likeness (QED) is 0.360. The van der Waals surface area contributed by atoms with Gasteiger partial charge in [-0.3, -0.25) is 0 Å². The molecule has 1 atom stereocenters. The lowest BCUT2D eigenvalue weighted by molar-refractivity contribution is 0.534. The van der Waals surface area contributed by atoms with Gasteiger partial charge in [-0.2, -0.15) is 0 Å². The molecule has 0 saturated carbocycles. The summed E-state index contributed by atoms with van der Waals surface area (Å²) in [7, 11) is 0. The number of nitrogens with zero attached hydrogens (tertiary/aromatic N) is 3. The Morgan fingerprint density at radius 3 is 2.67 bits per heavy atom. The molecule has 4 aromatic rings. The Bertz CT molecular complexity index is 1050. The maximum absolute atomic E-state index is 6.21. The number of benzene rings is 2. The summed E-state index contributed by atoms with van der Waals surface area (Å²) in [6.45, 7) is 2.97. The summed E-state index contributed by atoms with van der Waals surface area (Å²) in [5, 5.41) is 2.46. The minimum Gasteiger partial charge on any atom is -0.343 e. The summed E-state index contributed by atoms with van der Waals surface area (Å²) < 4.78 is 4.50. The third kappa shape index (κ3) is 3.62. The molecule has 2 heterocycles. The highest BCUT2D eigenvalue weighted by Gasteiger charge is 2.18. The van der Waals surface area contributed by atoms with Gasteiger partial charge in [-0.25, -0.2) is 4.98 Å². The first-order chi connectivity index (χ1) is 13.2. The van der Waals surface area contributed by atoms with E-state index in [-0.39, 0.29) is 6.04 Å². The largest absolute Gasteiger partial charge is 0.343 e. The lowest BCUT2D eigenvalue weighted by Crippen LogP contribution is -2.08. The van der Waals surface area contributed by atoms with Crippen LogP contribution in [0.2, 0.25) is 10.0 Å². The average molecular weight is 398 g/mol. The fourth-order valence-electron chi connectivity index (χ4n) is 3.70. The topological polar surface area (TPSA) is 22.8 Å². The van der Waals surface area contributed by atoms with Crippen molar-refractivity contribution in [3.63, 3.8) is 0 Å². The van der Waals surface area contributed by atoms with Gasteiger partial charge >= 0.3 is 0 Å². The van der Waals surface area contributed by atoms with Crippen LogP contribution in [0, 0.1) is 0 Å². The van der Waals surface area contributed by atoms with Crippen LogP contribution < -0.4 is 0 Å². The molecule has 0 N–H and O–H groups in total. The van der Waals surface area contributed by atoms with Gasteiger partial charge in [-0.1, -0.05) is 60.8 Å². The Morgan fingerprint density at radius 1 is 1.07 bits per heavy atom. The Morgan fingerprint density at radius 2 is 1.93 bits per heavy atom. The zero-order valence-electron chi connectivity index (χ0n) is 15.1. The highest BCUT2D eigenvalue weighted by atomic mass is 35.5. The van der Waals surface area contributed by atoms with Gasteiger partial charge < -0.3 is 9.13 Å². The minimum atomic E-state index is 0.275. The van der Waals surface area contributed by atoms with Crippen molar-refractivity contribution >= 4 is 34.1 Å². The van der Waals surface area contributed by atoms with Crippen molar-refractivity contribution in [1.82, 2.24) is 14.1 Å². The standard InChI is InChI=1S/C22H21Cl2N3/c1-2-5-21(26-11-10-25-15-26)18-14-27(22-7-4-3-6-17(18)22)13-16-8-9-19(23)20(24)12-16/h3-4,6-12,14-15,21H,2,5,13H2,1H3. The van der Waals surface area contributed by atoms with Crippen LogP contribution in [-0.4, -0.2) is 14.1 Å². The molecular weight excluding hydrogens is 377 g/mol. The van der Waals surface area contributed by atoms with E-state index in [1.54, 1.807) is 0 Å². The van der Waals surface area contributed by atoms with E-state index in [2.05, 4.69) is 51.5 Å². The van der Waals surface area contributed by atoms with Gasteiger partial charge in [0.1, 0.15) is 0 Å². The fraction of sp³-hybridized carbons (Fsp3) is 0.227. The number of halogens is 2. The van der Waals surface area contributed by atoms with Gasteiger partial charge in [0.15, 0.2) is 0 Å². The third-order valence-corrected chi connectivity index (χ3v) is 5.70. The van der Waals surface area contributed by atoms with Gasteiger partial charge in [0.05, 0.1) is 22.4 Å². The number of fused-ring (bicyclic) bond motifs is 1. The van der Waals surface area contributed by atoms with Crippen LogP contribution in [0.3, 0.4) is 0 Å². The van der Waals surface area contributed by atoms with Crippen molar-refractivity contribution in [3.05, 3.63) is 88.6 Å².